The molecule has 0 atom stereocenters. The van der Waals surface area contributed by atoms with E-state index in [2.05, 4.69) is 11.6 Å². The maximum Gasteiger partial charge on any atom is 0.432 e. The molecule has 0 aliphatic rings. The van der Waals surface area contributed by atoms with Crippen molar-refractivity contribution in [2.24, 2.45) is 4.99 Å². The van der Waals surface area contributed by atoms with E-state index in [1.165, 1.54) is 0 Å². The molecular weight excluding hydrogens is 199 g/mol. The number of hydrogen-bond donors (Lipinski definition) is 1. The first-order valence-corrected chi connectivity index (χ1v) is 3.44. The van der Waals surface area contributed by atoms with Gasteiger partial charge in [-0.15, -0.1) is 0 Å². The van der Waals surface area contributed by atoms with Gasteiger partial charge in [0.2, 0.25) is 0 Å². The summed E-state index contributed by atoms with van der Waals surface area (Å²) in [5, 5.41) is 8.42. The van der Waals surface area contributed by atoms with Crippen molar-refractivity contribution in [2.75, 3.05) is 7.05 Å². The molecule has 0 saturated carbocycles. The van der Waals surface area contributed by atoms with E-state index in [9.17, 15) is 18.0 Å². The van der Waals surface area contributed by atoms with Crippen LogP contribution in [0.4, 0.5) is 13.2 Å². The highest BCUT2D eigenvalue weighted by molar-refractivity contribution is 6.05. The molecule has 0 bridgehead atoms. The van der Waals surface area contributed by atoms with Crippen molar-refractivity contribution in [1.29, 1.82) is 0 Å². The molecule has 0 heterocycles. The molecular formula is C8H8F3NO2. The average Bonchev–Trinajstić information content (AvgIpc) is 2.03. The molecule has 3 nitrogen and oxygen atoms in total. The Bertz CT molecular complexity index is 302. The quantitative estimate of drug-likeness (QED) is 0.436. The van der Waals surface area contributed by atoms with Crippen molar-refractivity contribution in [1.82, 2.24) is 0 Å². The Morgan fingerprint density at radius 3 is 2.21 bits per heavy atom. The van der Waals surface area contributed by atoms with Gasteiger partial charge >= 0.3 is 12.1 Å². The molecule has 0 unspecified atom stereocenters. The summed E-state index contributed by atoms with van der Waals surface area (Å²) in [5.41, 5.74) is -1.81. The smallest absolute Gasteiger partial charge is 0.432 e. The second-order valence-electron chi connectivity index (χ2n) is 2.22. The van der Waals surface area contributed by atoms with Crippen LogP contribution in [0.5, 0.6) is 0 Å². The van der Waals surface area contributed by atoms with Gasteiger partial charge in [0.15, 0.2) is 0 Å². The maximum absolute atomic E-state index is 12.1. The van der Waals surface area contributed by atoms with Crippen molar-refractivity contribution < 1.29 is 23.1 Å². The van der Waals surface area contributed by atoms with Crippen LogP contribution >= 0.6 is 0 Å². The van der Waals surface area contributed by atoms with Gasteiger partial charge in [-0.2, -0.15) is 13.2 Å². The molecule has 0 fully saturated rings. The second kappa shape index (κ2) is 4.59. The van der Waals surface area contributed by atoms with Crippen molar-refractivity contribution in [3.8, 4) is 0 Å². The van der Waals surface area contributed by atoms with Crippen molar-refractivity contribution >= 4 is 11.7 Å². The van der Waals surface area contributed by atoms with Gasteiger partial charge in [0, 0.05) is 7.05 Å². The average molecular weight is 207 g/mol. The van der Waals surface area contributed by atoms with E-state index in [-0.39, 0.29) is 0 Å². The SMILES string of the molecule is C=C/C(=C\C(=NC)C(F)(F)F)C(=O)O. The zero-order valence-corrected chi connectivity index (χ0v) is 7.30. The van der Waals surface area contributed by atoms with Crippen molar-refractivity contribution in [3.63, 3.8) is 0 Å². The molecule has 0 aliphatic carbocycles. The summed E-state index contributed by atoms with van der Waals surface area (Å²) in [4.78, 5) is 13.3. The Morgan fingerprint density at radius 1 is 1.50 bits per heavy atom. The van der Waals surface area contributed by atoms with Gasteiger partial charge in [0.1, 0.15) is 5.71 Å². The Labute approximate surface area is 78.3 Å². The van der Waals surface area contributed by atoms with E-state index < -0.39 is 23.4 Å². The number of aliphatic imine (C=N–C) groups is 1. The van der Waals surface area contributed by atoms with Crippen molar-refractivity contribution in [3.05, 3.63) is 24.3 Å². The Kier molecular flexibility index (Phi) is 4.07. The summed E-state index contributed by atoms with van der Waals surface area (Å²) in [6.07, 6.45) is -3.41. The van der Waals surface area contributed by atoms with Crippen LogP contribution in [0.1, 0.15) is 0 Å². The lowest BCUT2D eigenvalue weighted by Gasteiger charge is -2.05. The number of carbonyl (C=O) groups is 1. The molecule has 0 radical (unpaired) electrons. The van der Waals surface area contributed by atoms with E-state index in [1.54, 1.807) is 0 Å². The largest absolute Gasteiger partial charge is 0.478 e. The fourth-order valence-electron chi connectivity index (χ4n) is 0.628. The minimum absolute atomic E-state index is 0.426. The van der Waals surface area contributed by atoms with Gasteiger partial charge in [0.25, 0.3) is 0 Å². The molecule has 0 saturated heterocycles. The summed E-state index contributed by atoms with van der Waals surface area (Å²) in [5.74, 6) is -1.48. The lowest BCUT2D eigenvalue weighted by atomic mass is 10.2. The number of carboxylic acid groups (broad SMARTS) is 1. The van der Waals surface area contributed by atoms with Crippen LogP contribution in [0.3, 0.4) is 0 Å². The fraction of sp³-hybridized carbons (Fsp3) is 0.250. The molecule has 0 rings (SSSR count). The summed E-state index contributed by atoms with van der Waals surface area (Å²) in [7, 11) is 0.932. The van der Waals surface area contributed by atoms with Crippen LogP contribution in [0, 0.1) is 0 Å². The van der Waals surface area contributed by atoms with Gasteiger partial charge < -0.3 is 5.11 Å². The minimum atomic E-state index is -4.65. The number of carboxylic acids is 1. The summed E-state index contributed by atoms with van der Waals surface area (Å²) >= 11 is 0. The Morgan fingerprint density at radius 2 is 2.00 bits per heavy atom. The summed E-state index contributed by atoms with van der Waals surface area (Å²) in [6, 6.07) is 0. The highest BCUT2D eigenvalue weighted by Crippen LogP contribution is 2.19. The third-order valence-electron chi connectivity index (χ3n) is 1.29. The monoisotopic (exact) mass is 207 g/mol. The van der Waals surface area contributed by atoms with Gasteiger partial charge in [-0.05, 0) is 6.08 Å². The fourth-order valence-corrected chi connectivity index (χ4v) is 0.628. The lowest BCUT2D eigenvalue weighted by molar-refractivity contribution is -0.132. The van der Waals surface area contributed by atoms with Crippen LogP contribution in [0.25, 0.3) is 0 Å². The van der Waals surface area contributed by atoms with E-state index in [0.29, 0.717) is 6.08 Å². The van der Waals surface area contributed by atoms with Crippen LogP contribution in [0.15, 0.2) is 29.3 Å². The number of alkyl halides is 3. The van der Waals surface area contributed by atoms with E-state index in [1.807, 2.05) is 0 Å². The third kappa shape index (κ3) is 3.42. The number of allylic oxidation sites excluding steroid dienone is 1. The van der Waals surface area contributed by atoms with Gasteiger partial charge in [-0.3, -0.25) is 4.99 Å². The van der Waals surface area contributed by atoms with Crippen LogP contribution in [-0.2, 0) is 4.79 Å². The number of nitrogens with zero attached hydrogens (tertiary/aromatic N) is 1. The molecule has 0 aromatic heterocycles. The molecule has 0 aromatic rings. The van der Waals surface area contributed by atoms with Gasteiger partial charge in [-0.1, -0.05) is 12.7 Å². The van der Waals surface area contributed by atoms with Gasteiger partial charge in [-0.25, -0.2) is 4.79 Å². The van der Waals surface area contributed by atoms with E-state index >= 15 is 0 Å². The zero-order chi connectivity index (χ0) is 11.4. The molecule has 0 spiro atoms. The van der Waals surface area contributed by atoms with Crippen LogP contribution in [-0.4, -0.2) is 30.0 Å². The molecule has 6 heteroatoms. The Hall–Kier alpha value is -1.59. The number of halogens is 3. The molecule has 0 aliphatic heterocycles. The molecule has 0 amide bonds. The zero-order valence-electron chi connectivity index (χ0n) is 7.30. The summed E-state index contributed by atoms with van der Waals surface area (Å²) < 4.78 is 36.2. The van der Waals surface area contributed by atoms with Crippen molar-refractivity contribution in [2.45, 2.75) is 6.18 Å². The first kappa shape index (κ1) is 12.4. The highest BCUT2D eigenvalue weighted by Gasteiger charge is 2.34. The number of rotatable bonds is 3. The predicted octanol–water partition coefficient (Wildman–Crippen LogP) is 1.82. The second-order valence-corrected chi connectivity index (χ2v) is 2.22. The molecule has 0 aromatic carbocycles. The third-order valence-corrected chi connectivity index (χ3v) is 1.29. The first-order valence-electron chi connectivity index (χ1n) is 3.44. The van der Waals surface area contributed by atoms with Crippen LogP contribution < -0.4 is 0 Å². The van der Waals surface area contributed by atoms with Crippen LogP contribution in [0.2, 0.25) is 0 Å². The number of aliphatic carboxylic acids is 1. The molecule has 1 N–H and O–H groups in total. The topological polar surface area (TPSA) is 49.7 Å². The Balaban J connectivity index is 5.12. The molecule has 14 heavy (non-hydrogen) atoms. The number of hydrogen-bond acceptors (Lipinski definition) is 2. The van der Waals surface area contributed by atoms with E-state index in [4.69, 9.17) is 5.11 Å². The highest BCUT2D eigenvalue weighted by atomic mass is 19.4. The predicted molar refractivity (Wildman–Crippen MR) is 45.3 cm³/mol. The lowest BCUT2D eigenvalue weighted by Crippen LogP contribution is -2.21. The van der Waals surface area contributed by atoms with Gasteiger partial charge in [0.05, 0.1) is 5.57 Å². The normalized spacial score (nSPS) is 14.0. The molecule has 78 valence electrons. The summed E-state index contributed by atoms with van der Waals surface area (Å²) in [6.45, 7) is 3.08. The first-order chi connectivity index (χ1) is 6.32. The van der Waals surface area contributed by atoms with E-state index in [0.717, 1.165) is 13.1 Å². The minimum Gasteiger partial charge on any atom is -0.478 e. The standard InChI is InChI=1S/C8H8F3NO2/c1-3-5(7(13)14)4-6(12-2)8(9,10)11/h3-4H,1H2,2H3,(H,13,14)/b5-4+,12-6?. The maximum atomic E-state index is 12.1.